The van der Waals surface area contributed by atoms with Crippen LogP contribution in [0.25, 0.3) is 11.3 Å². The SMILES string of the molecule is Brc1c(COC2CCCCO2)noc1-c1ccc2c(c1)OCO2. The molecule has 1 atom stereocenters. The molecule has 0 N–H and O–H groups in total. The number of ether oxygens (including phenoxy) is 4. The molecular formula is C16H16BrNO5. The van der Waals surface area contributed by atoms with Crippen molar-refractivity contribution in [1.82, 2.24) is 5.16 Å². The fourth-order valence-corrected chi connectivity index (χ4v) is 3.12. The minimum Gasteiger partial charge on any atom is -0.454 e. The van der Waals surface area contributed by atoms with E-state index < -0.39 is 0 Å². The fourth-order valence-electron chi connectivity index (χ4n) is 2.63. The molecule has 1 unspecified atom stereocenters. The minimum atomic E-state index is -0.152. The highest BCUT2D eigenvalue weighted by Crippen LogP contribution is 2.39. The summed E-state index contributed by atoms with van der Waals surface area (Å²) in [6.07, 6.45) is 3.00. The van der Waals surface area contributed by atoms with Gasteiger partial charge in [-0.3, -0.25) is 0 Å². The van der Waals surface area contributed by atoms with E-state index in [0.29, 0.717) is 23.8 Å². The Hall–Kier alpha value is -1.57. The Morgan fingerprint density at radius 1 is 1.22 bits per heavy atom. The summed E-state index contributed by atoms with van der Waals surface area (Å²) in [5.74, 6) is 2.09. The molecule has 0 spiro atoms. The predicted molar refractivity (Wildman–Crippen MR) is 84.1 cm³/mol. The second-order valence-electron chi connectivity index (χ2n) is 5.45. The Bertz CT molecular complexity index is 696. The van der Waals surface area contributed by atoms with E-state index in [2.05, 4.69) is 21.1 Å². The van der Waals surface area contributed by atoms with Crippen molar-refractivity contribution in [3.8, 4) is 22.8 Å². The summed E-state index contributed by atoms with van der Waals surface area (Å²) >= 11 is 3.54. The van der Waals surface area contributed by atoms with Gasteiger partial charge in [0.2, 0.25) is 6.79 Å². The summed E-state index contributed by atoms with van der Waals surface area (Å²) < 4.78 is 28.3. The standard InChI is InChI=1S/C16H16BrNO5/c17-15-11(8-20-14-3-1-2-6-19-14)18-23-16(15)10-4-5-12-13(7-10)22-9-21-12/h4-5,7,14H,1-3,6,8-9H2. The first-order chi connectivity index (χ1) is 11.3. The lowest BCUT2D eigenvalue weighted by atomic mass is 10.1. The molecule has 0 saturated carbocycles. The highest BCUT2D eigenvalue weighted by atomic mass is 79.9. The summed E-state index contributed by atoms with van der Waals surface area (Å²) in [5, 5.41) is 4.10. The molecule has 1 aromatic heterocycles. The van der Waals surface area contributed by atoms with E-state index >= 15 is 0 Å². The first kappa shape index (κ1) is 15.0. The summed E-state index contributed by atoms with van der Waals surface area (Å²) in [6.45, 7) is 1.35. The predicted octanol–water partition coefficient (Wildman–Crippen LogP) is 3.88. The van der Waals surface area contributed by atoms with E-state index in [4.69, 9.17) is 23.5 Å². The molecule has 0 amide bonds. The molecule has 6 nitrogen and oxygen atoms in total. The van der Waals surface area contributed by atoms with Gasteiger partial charge in [0, 0.05) is 12.2 Å². The monoisotopic (exact) mass is 381 g/mol. The Kier molecular flexibility index (Phi) is 4.24. The van der Waals surface area contributed by atoms with Crippen molar-refractivity contribution in [3.63, 3.8) is 0 Å². The van der Waals surface area contributed by atoms with Crippen LogP contribution in [0, 0.1) is 0 Å². The second kappa shape index (κ2) is 6.51. The van der Waals surface area contributed by atoms with Crippen molar-refractivity contribution >= 4 is 15.9 Å². The van der Waals surface area contributed by atoms with Crippen LogP contribution in [0.15, 0.2) is 27.2 Å². The number of fused-ring (bicyclic) bond motifs is 1. The molecule has 2 aliphatic heterocycles. The fraction of sp³-hybridized carbons (Fsp3) is 0.438. The molecule has 0 aliphatic carbocycles. The van der Waals surface area contributed by atoms with Crippen LogP contribution in [0.5, 0.6) is 11.5 Å². The molecule has 2 aromatic rings. The number of nitrogens with zero attached hydrogens (tertiary/aromatic N) is 1. The van der Waals surface area contributed by atoms with Crippen molar-refractivity contribution in [2.24, 2.45) is 0 Å². The lowest BCUT2D eigenvalue weighted by Crippen LogP contribution is -2.22. The zero-order chi connectivity index (χ0) is 15.6. The van der Waals surface area contributed by atoms with Gasteiger partial charge >= 0.3 is 0 Å². The van der Waals surface area contributed by atoms with Gasteiger partial charge in [-0.05, 0) is 53.4 Å². The van der Waals surface area contributed by atoms with Gasteiger partial charge in [-0.15, -0.1) is 0 Å². The molecule has 3 heterocycles. The van der Waals surface area contributed by atoms with Gasteiger partial charge in [0.05, 0.1) is 11.1 Å². The third-order valence-corrected chi connectivity index (χ3v) is 4.70. The number of benzene rings is 1. The van der Waals surface area contributed by atoms with Gasteiger partial charge < -0.3 is 23.5 Å². The maximum Gasteiger partial charge on any atom is 0.231 e. The van der Waals surface area contributed by atoms with Gasteiger partial charge in [0.1, 0.15) is 5.69 Å². The molecular weight excluding hydrogens is 366 g/mol. The van der Waals surface area contributed by atoms with Crippen molar-refractivity contribution in [3.05, 3.63) is 28.4 Å². The van der Waals surface area contributed by atoms with Gasteiger partial charge in [-0.25, -0.2) is 0 Å². The average Bonchev–Trinajstić information content (AvgIpc) is 3.19. The Morgan fingerprint density at radius 2 is 2.13 bits per heavy atom. The van der Waals surface area contributed by atoms with Crippen LogP contribution in [0.3, 0.4) is 0 Å². The molecule has 2 aliphatic rings. The minimum absolute atomic E-state index is 0.152. The topological polar surface area (TPSA) is 63.0 Å². The molecule has 1 aromatic carbocycles. The maximum absolute atomic E-state index is 5.75. The van der Waals surface area contributed by atoms with E-state index in [1.807, 2.05) is 18.2 Å². The molecule has 0 bridgehead atoms. The van der Waals surface area contributed by atoms with Crippen LogP contribution in [0.2, 0.25) is 0 Å². The molecule has 0 radical (unpaired) electrons. The van der Waals surface area contributed by atoms with E-state index in [9.17, 15) is 0 Å². The lowest BCUT2D eigenvalue weighted by molar-refractivity contribution is -0.169. The van der Waals surface area contributed by atoms with Crippen molar-refractivity contribution in [2.45, 2.75) is 32.2 Å². The van der Waals surface area contributed by atoms with Crippen LogP contribution in [-0.2, 0) is 16.1 Å². The Balaban J connectivity index is 1.49. The zero-order valence-corrected chi connectivity index (χ0v) is 14.0. The van der Waals surface area contributed by atoms with E-state index in [0.717, 1.165) is 41.7 Å². The van der Waals surface area contributed by atoms with Crippen LogP contribution in [0.4, 0.5) is 0 Å². The van der Waals surface area contributed by atoms with E-state index in [1.54, 1.807) is 0 Å². The maximum atomic E-state index is 5.75. The lowest BCUT2D eigenvalue weighted by Gasteiger charge is -2.22. The second-order valence-corrected chi connectivity index (χ2v) is 6.24. The van der Waals surface area contributed by atoms with Gasteiger partial charge in [0.25, 0.3) is 0 Å². The summed E-state index contributed by atoms with van der Waals surface area (Å²) in [5.41, 5.74) is 1.58. The van der Waals surface area contributed by atoms with Crippen LogP contribution >= 0.6 is 15.9 Å². The van der Waals surface area contributed by atoms with Crippen LogP contribution in [0.1, 0.15) is 25.0 Å². The molecule has 1 saturated heterocycles. The highest BCUT2D eigenvalue weighted by molar-refractivity contribution is 9.10. The van der Waals surface area contributed by atoms with Gasteiger partial charge in [-0.2, -0.15) is 0 Å². The number of halogens is 1. The highest BCUT2D eigenvalue weighted by Gasteiger charge is 2.21. The summed E-state index contributed by atoms with van der Waals surface area (Å²) in [4.78, 5) is 0. The normalized spacial score (nSPS) is 20.0. The van der Waals surface area contributed by atoms with Crippen LogP contribution in [-0.4, -0.2) is 24.8 Å². The van der Waals surface area contributed by atoms with Crippen LogP contribution < -0.4 is 9.47 Å². The van der Waals surface area contributed by atoms with Crippen molar-refractivity contribution < 1.29 is 23.5 Å². The smallest absolute Gasteiger partial charge is 0.231 e. The number of hydrogen-bond donors (Lipinski definition) is 0. The first-order valence-corrected chi connectivity index (χ1v) is 8.38. The molecule has 7 heteroatoms. The number of aromatic nitrogens is 1. The first-order valence-electron chi connectivity index (χ1n) is 7.58. The Morgan fingerprint density at radius 3 is 3.00 bits per heavy atom. The zero-order valence-electron chi connectivity index (χ0n) is 12.4. The van der Waals surface area contributed by atoms with Crippen molar-refractivity contribution in [2.75, 3.05) is 13.4 Å². The van der Waals surface area contributed by atoms with Crippen molar-refractivity contribution in [1.29, 1.82) is 0 Å². The molecule has 23 heavy (non-hydrogen) atoms. The summed E-state index contributed by atoms with van der Waals surface area (Å²) in [6, 6.07) is 5.65. The average molecular weight is 382 g/mol. The quantitative estimate of drug-likeness (QED) is 0.800. The van der Waals surface area contributed by atoms with Gasteiger partial charge in [0.15, 0.2) is 23.5 Å². The summed E-state index contributed by atoms with van der Waals surface area (Å²) in [7, 11) is 0. The number of hydrogen-bond acceptors (Lipinski definition) is 6. The third kappa shape index (κ3) is 3.08. The van der Waals surface area contributed by atoms with E-state index in [-0.39, 0.29) is 13.1 Å². The third-order valence-electron chi connectivity index (χ3n) is 3.88. The van der Waals surface area contributed by atoms with Gasteiger partial charge in [-0.1, -0.05) is 5.16 Å². The Labute approximate surface area is 141 Å². The molecule has 4 rings (SSSR count). The molecule has 1 fully saturated rings. The molecule has 122 valence electrons. The largest absolute Gasteiger partial charge is 0.454 e. The number of rotatable bonds is 4. The van der Waals surface area contributed by atoms with E-state index in [1.165, 1.54) is 0 Å².